The second-order valence-electron chi connectivity index (χ2n) is 7.16. The molecule has 30 heavy (non-hydrogen) atoms. The number of ether oxygens (including phenoxy) is 1. The molecule has 6 nitrogen and oxygen atoms in total. The Hall–Kier alpha value is -3.45. The van der Waals surface area contributed by atoms with E-state index in [0.29, 0.717) is 10.6 Å². The second kappa shape index (κ2) is 8.12. The first-order valence-electron chi connectivity index (χ1n) is 9.50. The van der Waals surface area contributed by atoms with E-state index in [0.717, 1.165) is 32.7 Å². The predicted molar refractivity (Wildman–Crippen MR) is 119 cm³/mol. The van der Waals surface area contributed by atoms with Crippen molar-refractivity contribution in [2.75, 3.05) is 11.9 Å². The molecule has 0 saturated heterocycles. The Bertz CT molecular complexity index is 1220. The fourth-order valence-corrected chi connectivity index (χ4v) is 4.41. The lowest BCUT2D eigenvalue weighted by molar-refractivity contribution is -0.119. The molecule has 2 aromatic heterocycles. The molecule has 2 aromatic carbocycles. The van der Waals surface area contributed by atoms with E-state index in [2.05, 4.69) is 10.4 Å². The Morgan fingerprint density at radius 1 is 1.03 bits per heavy atom. The number of nitrogens with zero attached hydrogens (tertiary/aromatic N) is 2. The van der Waals surface area contributed by atoms with Gasteiger partial charge in [-0.2, -0.15) is 5.10 Å². The van der Waals surface area contributed by atoms with Crippen LogP contribution >= 0.6 is 11.3 Å². The normalized spacial score (nSPS) is 10.9. The molecular formula is C23H21N3O3S. The summed E-state index contributed by atoms with van der Waals surface area (Å²) < 4.78 is 7.06. The van der Waals surface area contributed by atoms with Crippen LogP contribution in [0, 0.1) is 20.8 Å². The highest BCUT2D eigenvalue weighted by atomic mass is 32.1. The van der Waals surface area contributed by atoms with Gasteiger partial charge in [-0.1, -0.05) is 24.3 Å². The molecule has 152 valence electrons. The molecule has 0 unspecified atom stereocenters. The van der Waals surface area contributed by atoms with Gasteiger partial charge >= 0.3 is 5.97 Å². The highest BCUT2D eigenvalue weighted by Gasteiger charge is 2.19. The number of rotatable bonds is 5. The SMILES string of the molecule is Cc1cc(C)cc(NC(=O)COC(=O)c2cc3c(C)nn(-c4ccccc4)c3s2)c1. The zero-order chi connectivity index (χ0) is 21.3. The summed E-state index contributed by atoms with van der Waals surface area (Å²) in [6.07, 6.45) is 0. The molecule has 0 aliphatic rings. The summed E-state index contributed by atoms with van der Waals surface area (Å²) in [4.78, 5) is 26.0. The number of benzene rings is 2. The van der Waals surface area contributed by atoms with Crippen LogP contribution in [0.15, 0.2) is 54.6 Å². The molecule has 0 bridgehead atoms. The van der Waals surface area contributed by atoms with Crippen molar-refractivity contribution in [2.45, 2.75) is 20.8 Å². The van der Waals surface area contributed by atoms with E-state index in [1.165, 1.54) is 11.3 Å². The highest BCUT2D eigenvalue weighted by Crippen LogP contribution is 2.30. The molecule has 1 N–H and O–H groups in total. The number of hydrogen-bond donors (Lipinski definition) is 1. The van der Waals surface area contributed by atoms with E-state index in [1.807, 2.05) is 74.0 Å². The average Bonchev–Trinajstić information content (AvgIpc) is 3.27. The number of anilines is 1. The molecule has 7 heteroatoms. The van der Waals surface area contributed by atoms with Crippen LogP contribution in [-0.4, -0.2) is 28.3 Å². The van der Waals surface area contributed by atoms with Crippen LogP contribution in [-0.2, 0) is 9.53 Å². The van der Waals surface area contributed by atoms with Gasteiger partial charge in [0.15, 0.2) is 6.61 Å². The maximum atomic E-state index is 12.5. The van der Waals surface area contributed by atoms with Crippen molar-refractivity contribution in [3.05, 3.63) is 76.3 Å². The molecule has 0 fully saturated rings. The van der Waals surface area contributed by atoms with E-state index >= 15 is 0 Å². The molecule has 0 radical (unpaired) electrons. The molecular weight excluding hydrogens is 398 g/mol. The second-order valence-corrected chi connectivity index (χ2v) is 8.19. The Morgan fingerprint density at radius 2 is 1.73 bits per heavy atom. The maximum Gasteiger partial charge on any atom is 0.348 e. The molecule has 0 aliphatic heterocycles. The molecule has 0 atom stereocenters. The number of esters is 1. The van der Waals surface area contributed by atoms with Gasteiger partial charge in [0.1, 0.15) is 9.71 Å². The third-order valence-electron chi connectivity index (χ3n) is 4.59. The van der Waals surface area contributed by atoms with Gasteiger partial charge in [-0.15, -0.1) is 11.3 Å². The Morgan fingerprint density at radius 3 is 2.43 bits per heavy atom. The minimum absolute atomic E-state index is 0.343. The number of nitrogens with one attached hydrogen (secondary N) is 1. The van der Waals surface area contributed by atoms with Crippen LogP contribution in [0.2, 0.25) is 0 Å². The van der Waals surface area contributed by atoms with Crippen LogP contribution in [0.1, 0.15) is 26.5 Å². The highest BCUT2D eigenvalue weighted by molar-refractivity contribution is 7.20. The molecule has 4 rings (SSSR count). The summed E-state index contributed by atoms with van der Waals surface area (Å²) in [5, 5.41) is 8.23. The summed E-state index contributed by atoms with van der Waals surface area (Å²) in [6, 6.07) is 17.3. The van der Waals surface area contributed by atoms with Crippen molar-refractivity contribution in [3.63, 3.8) is 0 Å². The topological polar surface area (TPSA) is 73.2 Å². The van der Waals surface area contributed by atoms with Crippen molar-refractivity contribution in [3.8, 4) is 5.69 Å². The number of hydrogen-bond acceptors (Lipinski definition) is 5. The predicted octanol–water partition coefficient (Wildman–Crippen LogP) is 4.81. The van der Waals surface area contributed by atoms with Crippen molar-refractivity contribution in [1.29, 1.82) is 0 Å². The molecule has 0 aliphatic carbocycles. The van der Waals surface area contributed by atoms with Gasteiger partial charge in [0.05, 0.1) is 11.4 Å². The number of fused-ring (bicyclic) bond motifs is 1. The van der Waals surface area contributed by atoms with Crippen LogP contribution in [0.25, 0.3) is 15.9 Å². The summed E-state index contributed by atoms with van der Waals surface area (Å²) in [7, 11) is 0. The van der Waals surface area contributed by atoms with Crippen molar-refractivity contribution in [2.24, 2.45) is 0 Å². The summed E-state index contributed by atoms with van der Waals surface area (Å²) in [5.41, 5.74) is 4.54. The van der Waals surface area contributed by atoms with Gasteiger partial charge < -0.3 is 10.1 Å². The summed E-state index contributed by atoms with van der Waals surface area (Å²) in [5.74, 6) is -0.896. The quantitative estimate of drug-likeness (QED) is 0.471. The minimum Gasteiger partial charge on any atom is -0.451 e. The number of carbonyl (C=O) groups is 2. The molecule has 0 spiro atoms. The number of amides is 1. The van der Waals surface area contributed by atoms with Crippen molar-refractivity contribution < 1.29 is 14.3 Å². The lowest BCUT2D eigenvalue weighted by atomic mass is 10.1. The zero-order valence-corrected chi connectivity index (χ0v) is 17.7. The van der Waals surface area contributed by atoms with Gasteiger partial charge in [0.2, 0.25) is 0 Å². The minimum atomic E-state index is -0.522. The van der Waals surface area contributed by atoms with Crippen molar-refractivity contribution >= 4 is 39.1 Å². The number of aromatic nitrogens is 2. The first-order valence-corrected chi connectivity index (χ1v) is 10.3. The van der Waals surface area contributed by atoms with E-state index in [4.69, 9.17) is 4.74 Å². The molecule has 4 aromatic rings. The monoisotopic (exact) mass is 419 g/mol. The number of aryl methyl sites for hydroxylation is 3. The van der Waals surface area contributed by atoms with Crippen LogP contribution in [0.5, 0.6) is 0 Å². The number of thiophene rings is 1. The number of para-hydroxylation sites is 1. The van der Waals surface area contributed by atoms with Crippen molar-refractivity contribution in [1.82, 2.24) is 9.78 Å². The third kappa shape index (κ3) is 4.11. The smallest absolute Gasteiger partial charge is 0.348 e. The standard InChI is InChI=1S/C23H21N3O3S/c1-14-9-15(2)11-17(10-14)24-21(27)13-29-23(28)20-12-19-16(3)25-26(22(19)30-20)18-7-5-4-6-8-18/h4-12H,13H2,1-3H3,(H,24,27). The van der Waals surface area contributed by atoms with Crippen LogP contribution in [0.3, 0.4) is 0 Å². The third-order valence-corrected chi connectivity index (χ3v) is 5.68. The zero-order valence-electron chi connectivity index (χ0n) is 16.9. The fraction of sp³-hybridized carbons (Fsp3) is 0.174. The molecule has 2 heterocycles. The van der Waals surface area contributed by atoms with Gasteiger partial charge in [-0.3, -0.25) is 4.79 Å². The van der Waals surface area contributed by atoms with E-state index in [1.54, 1.807) is 6.07 Å². The van der Waals surface area contributed by atoms with Gasteiger partial charge in [0, 0.05) is 11.1 Å². The molecule has 1 amide bonds. The van der Waals surface area contributed by atoms with Gasteiger partial charge in [-0.05, 0) is 62.2 Å². The Balaban J connectivity index is 1.46. The summed E-state index contributed by atoms with van der Waals surface area (Å²) in [6.45, 7) is 5.48. The van der Waals surface area contributed by atoms with Gasteiger partial charge in [-0.25, -0.2) is 9.48 Å². The van der Waals surface area contributed by atoms with Crippen LogP contribution in [0.4, 0.5) is 5.69 Å². The maximum absolute atomic E-state index is 12.5. The largest absolute Gasteiger partial charge is 0.451 e. The molecule has 0 saturated carbocycles. The Kier molecular flexibility index (Phi) is 5.37. The fourth-order valence-electron chi connectivity index (χ4n) is 3.34. The number of carbonyl (C=O) groups excluding carboxylic acids is 2. The first kappa shape index (κ1) is 19.8. The summed E-state index contributed by atoms with van der Waals surface area (Å²) >= 11 is 1.30. The average molecular weight is 420 g/mol. The van der Waals surface area contributed by atoms with Gasteiger partial charge in [0.25, 0.3) is 5.91 Å². The van der Waals surface area contributed by atoms with E-state index in [-0.39, 0.29) is 12.5 Å². The van der Waals surface area contributed by atoms with E-state index in [9.17, 15) is 9.59 Å². The van der Waals surface area contributed by atoms with E-state index < -0.39 is 5.97 Å². The lowest BCUT2D eigenvalue weighted by Crippen LogP contribution is -2.20. The lowest BCUT2D eigenvalue weighted by Gasteiger charge is -2.08. The van der Waals surface area contributed by atoms with Crippen LogP contribution < -0.4 is 5.32 Å². The first-order chi connectivity index (χ1) is 14.4. The Labute approximate surface area is 178 Å².